The number of halogens is 1. The molecule has 0 aliphatic carbocycles. The third-order valence-electron chi connectivity index (χ3n) is 4.05. The predicted octanol–water partition coefficient (Wildman–Crippen LogP) is 4.32. The van der Waals surface area contributed by atoms with Crippen LogP contribution in [0.15, 0.2) is 65.1 Å². The van der Waals surface area contributed by atoms with Gasteiger partial charge in [-0.3, -0.25) is 9.59 Å². The first-order chi connectivity index (χ1) is 13.5. The molecule has 0 saturated carbocycles. The summed E-state index contributed by atoms with van der Waals surface area (Å²) in [4.78, 5) is 26.0. The van der Waals surface area contributed by atoms with Crippen molar-refractivity contribution < 1.29 is 18.7 Å². The van der Waals surface area contributed by atoms with Crippen LogP contribution in [0.3, 0.4) is 0 Å². The maximum absolute atomic E-state index is 12.5. The highest BCUT2D eigenvalue weighted by Gasteiger charge is 2.19. The second-order valence-corrected chi connectivity index (χ2v) is 6.55. The molecule has 2 aromatic carbocycles. The van der Waals surface area contributed by atoms with Crippen LogP contribution < -0.4 is 10.1 Å². The zero-order valence-corrected chi connectivity index (χ0v) is 16.2. The first-order valence-corrected chi connectivity index (χ1v) is 8.89. The molecule has 1 aromatic heterocycles. The van der Waals surface area contributed by atoms with Crippen molar-refractivity contribution in [3.63, 3.8) is 0 Å². The second kappa shape index (κ2) is 8.63. The monoisotopic (exact) mass is 398 g/mol. The number of ether oxygens (including phenoxy) is 1. The lowest BCUT2D eigenvalue weighted by molar-refractivity contribution is -0.116. The average molecular weight is 399 g/mol. The van der Waals surface area contributed by atoms with Gasteiger partial charge in [0.15, 0.2) is 5.76 Å². The number of rotatable bonds is 6. The number of benzene rings is 2. The van der Waals surface area contributed by atoms with Crippen LogP contribution in [0.1, 0.15) is 10.6 Å². The van der Waals surface area contributed by atoms with Crippen molar-refractivity contribution >= 4 is 29.1 Å². The van der Waals surface area contributed by atoms with Gasteiger partial charge in [-0.2, -0.15) is 0 Å². The number of hydrogen-bond acceptors (Lipinski definition) is 4. The van der Waals surface area contributed by atoms with Gasteiger partial charge in [-0.1, -0.05) is 11.6 Å². The minimum atomic E-state index is -0.384. The largest absolute Gasteiger partial charge is 0.497 e. The molecule has 2 amide bonds. The number of likely N-dealkylation sites (N-methyl/N-ethyl adjacent to an activating group) is 1. The molecule has 0 aliphatic rings. The van der Waals surface area contributed by atoms with Gasteiger partial charge in [0.1, 0.15) is 11.5 Å². The Morgan fingerprint density at radius 2 is 1.71 bits per heavy atom. The van der Waals surface area contributed by atoms with Crippen LogP contribution in [0.4, 0.5) is 5.69 Å². The molecule has 1 N–H and O–H groups in total. The predicted molar refractivity (Wildman–Crippen MR) is 108 cm³/mol. The number of carbonyl (C=O) groups is 2. The molecular weight excluding hydrogens is 380 g/mol. The van der Waals surface area contributed by atoms with Crippen LogP contribution >= 0.6 is 11.6 Å². The van der Waals surface area contributed by atoms with E-state index < -0.39 is 0 Å². The van der Waals surface area contributed by atoms with E-state index in [9.17, 15) is 9.59 Å². The number of furan rings is 1. The highest BCUT2D eigenvalue weighted by atomic mass is 35.5. The molecule has 6 nitrogen and oxygen atoms in total. The van der Waals surface area contributed by atoms with Crippen molar-refractivity contribution in [3.8, 4) is 17.1 Å². The van der Waals surface area contributed by atoms with Gasteiger partial charge in [-0.15, -0.1) is 0 Å². The van der Waals surface area contributed by atoms with E-state index in [-0.39, 0.29) is 24.1 Å². The molecule has 144 valence electrons. The van der Waals surface area contributed by atoms with Crippen LogP contribution in [0.5, 0.6) is 5.75 Å². The minimum Gasteiger partial charge on any atom is -0.497 e. The summed E-state index contributed by atoms with van der Waals surface area (Å²) in [6, 6.07) is 17.3. The third kappa shape index (κ3) is 4.72. The van der Waals surface area contributed by atoms with Crippen LogP contribution in [-0.4, -0.2) is 37.4 Å². The van der Waals surface area contributed by atoms with E-state index in [4.69, 9.17) is 20.8 Å². The third-order valence-corrected chi connectivity index (χ3v) is 4.30. The summed E-state index contributed by atoms with van der Waals surface area (Å²) < 4.78 is 10.7. The van der Waals surface area contributed by atoms with Gasteiger partial charge in [0, 0.05) is 23.3 Å². The first-order valence-electron chi connectivity index (χ1n) is 8.51. The maximum atomic E-state index is 12.5. The lowest BCUT2D eigenvalue weighted by atomic mass is 10.2. The smallest absolute Gasteiger partial charge is 0.289 e. The normalized spacial score (nSPS) is 10.4. The Bertz CT molecular complexity index is 965. The molecule has 0 fully saturated rings. The molecule has 3 aromatic rings. The molecule has 0 saturated heterocycles. The Kier molecular flexibility index (Phi) is 6.01. The average Bonchev–Trinajstić information content (AvgIpc) is 3.18. The summed E-state index contributed by atoms with van der Waals surface area (Å²) in [5, 5.41) is 3.35. The maximum Gasteiger partial charge on any atom is 0.289 e. The van der Waals surface area contributed by atoms with Crippen molar-refractivity contribution in [1.29, 1.82) is 0 Å². The molecule has 1 heterocycles. The minimum absolute atomic E-state index is 0.109. The fourth-order valence-corrected chi connectivity index (χ4v) is 2.70. The van der Waals surface area contributed by atoms with Crippen molar-refractivity contribution in [2.45, 2.75) is 0 Å². The van der Waals surface area contributed by atoms with Crippen molar-refractivity contribution in [3.05, 3.63) is 71.4 Å². The molecule has 0 radical (unpaired) electrons. The summed E-state index contributed by atoms with van der Waals surface area (Å²) in [5.74, 6) is 0.705. The van der Waals surface area contributed by atoms with Crippen LogP contribution in [0.25, 0.3) is 11.3 Å². The van der Waals surface area contributed by atoms with Gasteiger partial charge in [0.05, 0.1) is 13.7 Å². The highest BCUT2D eigenvalue weighted by Crippen LogP contribution is 2.24. The van der Waals surface area contributed by atoms with Gasteiger partial charge in [-0.05, 0) is 60.7 Å². The van der Waals surface area contributed by atoms with E-state index in [0.717, 1.165) is 5.56 Å². The van der Waals surface area contributed by atoms with Gasteiger partial charge in [-0.25, -0.2) is 0 Å². The molecule has 0 unspecified atom stereocenters. The van der Waals surface area contributed by atoms with Crippen LogP contribution in [0.2, 0.25) is 5.02 Å². The van der Waals surface area contributed by atoms with E-state index in [1.54, 1.807) is 74.8 Å². The molecular formula is C21H19ClN2O4. The number of hydrogen-bond donors (Lipinski definition) is 1. The van der Waals surface area contributed by atoms with E-state index in [1.165, 1.54) is 4.90 Å². The van der Waals surface area contributed by atoms with Crippen LogP contribution in [-0.2, 0) is 4.79 Å². The summed E-state index contributed by atoms with van der Waals surface area (Å²) in [6.45, 7) is -0.109. The number of nitrogens with one attached hydrogen (secondary N) is 1. The summed E-state index contributed by atoms with van der Waals surface area (Å²) in [5.41, 5.74) is 1.43. The second-order valence-electron chi connectivity index (χ2n) is 6.11. The summed E-state index contributed by atoms with van der Waals surface area (Å²) >= 11 is 5.88. The SMILES string of the molecule is COc1ccc(NC(=O)CN(C)C(=O)c2ccc(-c3ccc(Cl)cc3)o2)cc1. The molecule has 3 rings (SSSR count). The number of amides is 2. The lowest BCUT2D eigenvalue weighted by Crippen LogP contribution is -2.34. The molecule has 0 spiro atoms. The standard InChI is InChI=1S/C21H19ClN2O4/c1-24(13-20(25)23-16-7-9-17(27-2)10-8-16)21(26)19-12-11-18(28-19)14-3-5-15(22)6-4-14/h3-12H,13H2,1-2H3,(H,23,25). The van der Waals surface area contributed by atoms with Gasteiger partial charge in [0.2, 0.25) is 5.91 Å². The molecule has 28 heavy (non-hydrogen) atoms. The van der Waals surface area contributed by atoms with E-state index in [2.05, 4.69) is 5.32 Å². The molecule has 7 heteroatoms. The topological polar surface area (TPSA) is 71.8 Å². The lowest BCUT2D eigenvalue weighted by Gasteiger charge is -2.15. The number of nitrogens with zero attached hydrogens (tertiary/aromatic N) is 1. The van der Waals surface area contributed by atoms with Gasteiger partial charge < -0.3 is 19.4 Å². The Balaban J connectivity index is 1.60. The Hall–Kier alpha value is -3.25. The van der Waals surface area contributed by atoms with Crippen molar-refractivity contribution in [1.82, 2.24) is 4.90 Å². The number of methoxy groups -OCH3 is 1. The highest BCUT2D eigenvalue weighted by molar-refractivity contribution is 6.30. The Morgan fingerprint density at radius 3 is 2.36 bits per heavy atom. The molecule has 0 aliphatic heterocycles. The Labute approximate surface area is 167 Å². The fraction of sp³-hybridized carbons (Fsp3) is 0.143. The van der Waals surface area contributed by atoms with Crippen LogP contribution in [0, 0.1) is 0 Å². The Morgan fingerprint density at radius 1 is 1.04 bits per heavy atom. The summed E-state index contributed by atoms with van der Waals surface area (Å²) in [7, 11) is 3.11. The number of anilines is 1. The first kappa shape index (κ1) is 19.5. The van der Waals surface area contributed by atoms with E-state index in [0.29, 0.717) is 22.2 Å². The quantitative estimate of drug-likeness (QED) is 0.671. The van der Waals surface area contributed by atoms with Gasteiger partial charge in [0.25, 0.3) is 5.91 Å². The van der Waals surface area contributed by atoms with Gasteiger partial charge >= 0.3 is 0 Å². The fourth-order valence-electron chi connectivity index (χ4n) is 2.57. The van der Waals surface area contributed by atoms with Crippen molar-refractivity contribution in [2.75, 3.05) is 26.0 Å². The number of carbonyl (C=O) groups excluding carboxylic acids is 2. The molecule has 0 bridgehead atoms. The van der Waals surface area contributed by atoms with E-state index in [1.807, 2.05) is 0 Å². The zero-order chi connectivity index (χ0) is 20.1. The van der Waals surface area contributed by atoms with E-state index >= 15 is 0 Å². The summed E-state index contributed by atoms with van der Waals surface area (Å²) in [6.07, 6.45) is 0. The van der Waals surface area contributed by atoms with Crippen molar-refractivity contribution in [2.24, 2.45) is 0 Å². The zero-order valence-electron chi connectivity index (χ0n) is 15.4. The molecule has 0 atom stereocenters.